The van der Waals surface area contributed by atoms with Crippen molar-refractivity contribution in [1.82, 2.24) is 35.5 Å². The van der Waals surface area contributed by atoms with E-state index in [9.17, 15) is 9.90 Å². The van der Waals surface area contributed by atoms with Crippen molar-refractivity contribution in [3.63, 3.8) is 0 Å². The first-order valence-electron chi connectivity index (χ1n) is 16.0. The number of ether oxygens (including phenoxy) is 2. The number of nitrogens with one attached hydrogen (secondary N) is 1. The fraction of sp³-hybridized carbons (Fsp3) is 0.243. The number of para-hydroxylation sites is 2. The molecule has 11 nitrogen and oxygen atoms in total. The number of aliphatic hydroxyl groups is 1. The van der Waals surface area contributed by atoms with Crippen LogP contribution < -0.4 is 5.32 Å². The number of fused-ring (bicyclic) bond motifs is 1. The van der Waals surface area contributed by atoms with E-state index in [2.05, 4.69) is 49.9 Å². The summed E-state index contributed by atoms with van der Waals surface area (Å²) in [4.78, 5) is 21.8. The molecule has 7 rings (SSSR count). The van der Waals surface area contributed by atoms with Crippen LogP contribution in [0.2, 0.25) is 0 Å². The van der Waals surface area contributed by atoms with Crippen LogP contribution in [0.4, 0.5) is 0 Å². The van der Waals surface area contributed by atoms with Crippen LogP contribution >= 0.6 is 11.8 Å². The lowest BCUT2D eigenvalue weighted by atomic mass is 9.91. The van der Waals surface area contributed by atoms with Crippen LogP contribution in [0.15, 0.2) is 108 Å². The number of amides is 1. The van der Waals surface area contributed by atoms with Gasteiger partial charge < -0.3 is 19.9 Å². The molecule has 1 saturated heterocycles. The first-order valence-corrected chi connectivity index (χ1v) is 17.0. The summed E-state index contributed by atoms with van der Waals surface area (Å²) in [5, 5.41) is 25.1. The number of tetrazole rings is 1. The number of hydrogen-bond donors (Lipinski definition) is 2. The average molecular weight is 674 g/mol. The third-order valence-corrected chi connectivity index (χ3v) is 9.81. The van der Waals surface area contributed by atoms with Crippen LogP contribution in [0.3, 0.4) is 0 Å². The van der Waals surface area contributed by atoms with Crippen LogP contribution in [0.5, 0.6) is 0 Å². The molecule has 6 aromatic rings. The predicted octanol–water partition coefficient (Wildman–Crippen LogP) is 5.83. The molecule has 0 aliphatic carbocycles. The predicted molar refractivity (Wildman–Crippen MR) is 185 cm³/mol. The number of aliphatic hydroxyl groups excluding tert-OH is 1. The Morgan fingerprint density at radius 1 is 0.918 bits per heavy atom. The zero-order chi connectivity index (χ0) is 33.7. The molecule has 248 valence electrons. The van der Waals surface area contributed by atoms with E-state index in [0.29, 0.717) is 23.0 Å². The Labute approximate surface area is 287 Å². The van der Waals surface area contributed by atoms with Gasteiger partial charge in [0, 0.05) is 30.8 Å². The summed E-state index contributed by atoms with van der Waals surface area (Å²) >= 11 is 1.55. The van der Waals surface area contributed by atoms with Gasteiger partial charge in [-0.1, -0.05) is 104 Å². The summed E-state index contributed by atoms with van der Waals surface area (Å²) < 4.78 is 14.9. The number of hydrogen-bond acceptors (Lipinski definition) is 10. The lowest BCUT2D eigenvalue weighted by Crippen LogP contribution is -2.38. The van der Waals surface area contributed by atoms with Crippen LogP contribution in [-0.4, -0.2) is 53.0 Å². The highest BCUT2D eigenvalue weighted by atomic mass is 32.2. The molecule has 2 N–H and O–H groups in total. The molecule has 0 bridgehead atoms. The molecule has 1 amide bonds. The van der Waals surface area contributed by atoms with Gasteiger partial charge in [-0.3, -0.25) is 9.78 Å². The number of benzene rings is 4. The fourth-order valence-corrected chi connectivity index (χ4v) is 6.93. The summed E-state index contributed by atoms with van der Waals surface area (Å²) in [5.41, 5.74) is 7.43. The van der Waals surface area contributed by atoms with Crippen molar-refractivity contribution in [3.05, 3.63) is 131 Å². The Kier molecular flexibility index (Phi) is 9.71. The Bertz CT molecular complexity index is 2060. The minimum Gasteiger partial charge on any atom is -0.392 e. The van der Waals surface area contributed by atoms with E-state index in [0.717, 1.165) is 38.9 Å². The SMILES string of the molecule is C[C@@H]1[C@H](CSc2nnnn2C)O[C@H](c2ccc(-c3ccccc3CNC(=O)c3cnc4ccccc4n3)cc2)O[C@@H]1c1ccc(CO)cc1. The van der Waals surface area contributed by atoms with Crippen molar-refractivity contribution in [1.29, 1.82) is 0 Å². The smallest absolute Gasteiger partial charge is 0.271 e. The molecule has 1 fully saturated rings. The molecule has 49 heavy (non-hydrogen) atoms. The van der Waals surface area contributed by atoms with Gasteiger partial charge in [-0.25, -0.2) is 9.67 Å². The van der Waals surface area contributed by atoms with Crippen molar-refractivity contribution in [2.45, 2.75) is 43.7 Å². The van der Waals surface area contributed by atoms with E-state index < -0.39 is 6.29 Å². The van der Waals surface area contributed by atoms with Crippen LogP contribution in [0, 0.1) is 5.92 Å². The molecule has 1 aliphatic heterocycles. The maximum Gasteiger partial charge on any atom is 0.271 e. The minimum absolute atomic E-state index is 0.0148. The maximum atomic E-state index is 13.0. The Morgan fingerprint density at radius 2 is 1.65 bits per heavy atom. The van der Waals surface area contributed by atoms with Gasteiger partial charge in [0.05, 0.1) is 36.0 Å². The van der Waals surface area contributed by atoms with Gasteiger partial charge in [0.15, 0.2) is 6.29 Å². The molecular formula is C37H35N7O4S. The number of aromatic nitrogens is 6. The zero-order valence-corrected chi connectivity index (χ0v) is 27.8. The first kappa shape index (κ1) is 32.5. The quantitative estimate of drug-likeness (QED) is 0.171. The second-order valence-corrected chi connectivity index (χ2v) is 12.9. The number of carbonyl (C=O) groups excluding carboxylic acids is 1. The van der Waals surface area contributed by atoms with Crippen molar-refractivity contribution >= 4 is 28.7 Å². The third kappa shape index (κ3) is 7.22. The molecule has 12 heteroatoms. The largest absolute Gasteiger partial charge is 0.392 e. The van der Waals surface area contributed by atoms with Crippen LogP contribution in [0.25, 0.3) is 22.2 Å². The number of rotatable bonds is 10. The lowest BCUT2D eigenvalue weighted by molar-refractivity contribution is -0.268. The van der Waals surface area contributed by atoms with Gasteiger partial charge in [-0.05, 0) is 50.4 Å². The molecule has 4 aromatic carbocycles. The molecule has 0 saturated carbocycles. The van der Waals surface area contributed by atoms with E-state index in [-0.39, 0.29) is 36.3 Å². The molecule has 0 spiro atoms. The molecule has 2 aromatic heterocycles. The Hall–Kier alpha value is -5.01. The standard InChI is InChI=1S/C37H35N7O4S/c1-23-33(22-49-37-41-42-43-44(37)2)47-36(48-34(23)26-13-11-24(21-45)12-14-26)27-17-15-25(16-18-27)29-8-4-3-7-28(29)19-39-35(46)32-20-38-30-9-5-6-10-31(30)40-32/h3-18,20,23,33-34,36,45H,19,21-22H2,1-2H3,(H,39,46)/t23-,33+,34+,36+/m1/s1. The Morgan fingerprint density at radius 3 is 2.41 bits per heavy atom. The number of aryl methyl sites for hydroxylation is 1. The maximum absolute atomic E-state index is 13.0. The third-order valence-electron chi connectivity index (χ3n) is 8.71. The Balaban J connectivity index is 1.09. The molecule has 4 atom stereocenters. The van der Waals surface area contributed by atoms with Gasteiger partial charge in [-0.2, -0.15) is 0 Å². The van der Waals surface area contributed by atoms with Crippen molar-refractivity contribution in [2.75, 3.05) is 5.75 Å². The number of thioether (sulfide) groups is 1. The normalized spacial score (nSPS) is 19.2. The van der Waals surface area contributed by atoms with Gasteiger partial charge >= 0.3 is 0 Å². The molecular weight excluding hydrogens is 639 g/mol. The summed E-state index contributed by atoms with van der Waals surface area (Å²) in [6.45, 7) is 2.45. The lowest BCUT2D eigenvalue weighted by Gasteiger charge is -2.41. The molecule has 1 aliphatic rings. The number of nitrogens with zero attached hydrogens (tertiary/aromatic N) is 6. The average Bonchev–Trinajstić information content (AvgIpc) is 3.57. The summed E-state index contributed by atoms with van der Waals surface area (Å²) in [7, 11) is 1.82. The molecule has 0 unspecified atom stereocenters. The monoisotopic (exact) mass is 673 g/mol. The number of carbonyl (C=O) groups is 1. The topological polar surface area (TPSA) is 137 Å². The second-order valence-electron chi connectivity index (χ2n) is 11.9. The van der Waals surface area contributed by atoms with Gasteiger partial charge in [-0.15, -0.1) is 5.10 Å². The highest BCUT2D eigenvalue weighted by Crippen LogP contribution is 2.43. The molecule has 0 radical (unpaired) electrons. The van der Waals surface area contributed by atoms with Gasteiger partial charge in [0.25, 0.3) is 5.91 Å². The zero-order valence-electron chi connectivity index (χ0n) is 27.0. The van der Waals surface area contributed by atoms with E-state index in [1.54, 1.807) is 16.4 Å². The van der Waals surface area contributed by atoms with E-state index in [4.69, 9.17) is 9.47 Å². The van der Waals surface area contributed by atoms with Crippen molar-refractivity contribution in [2.24, 2.45) is 13.0 Å². The summed E-state index contributed by atoms with van der Waals surface area (Å²) in [6, 6.07) is 31.5. The van der Waals surface area contributed by atoms with Crippen LogP contribution in [-0.2, 0) is 29.7 Å². The van der Waals surface area contributed by atoms with Crippen molar-refractivity contribution < 1.29 is 19.4 Å². The highest BCUT2D eigenvalue weighted by Gasteiger charge is 2.38. The minimum atomic E-state index is -0.603. The van der Waals surface area contributed by atoms with Gasteiger partial charge in [0.1, 0.15) is 5.69 Å². The van der Waals surface area contributed by atoms with E-state index in [1.165, 1.54) is 6.20 Å². The van der Waals surface area contributed by atoms with Crippen molar-refractivity contribution in [3.8, 4) is 11.1 Å². The van der Waals surface area contributed by atoms with Crippen LogP contribution in [0.1, 0.15) is 52.1 Å². The summed E-state index contributed by atoms with van der Waals surface area (Å²) in [5.74, 6) is 0.391. The summed E-state index contributed by atoms with van der Waals surface area (Å²) in [6.07, 6.45) is 0.516. The van der Waals surface area contributed by atoms with Gasteiger partial charge in [0.2, 0.25) is 5.16 Å². The first-order chi connectivity index (χ1) is 24.0. The van der Waals surface area contributed by atoms with E-state index in [1.807, 2.05) is 92.0 Å². The highest BCUT2D eigenvalue weighted by molar-refractivity contribution is 7.99. The fourth-order valence-electron chi connectivity index (χ4n) is 5.92. The second kappa shape index (κ2) is 14.6. The van der Waals surface area contributed by atoms with E-state index >= 15 is 0 Å². The molecule has 3 heterocycles.